The van der Waals surface area contributed by atoms with Gasteiger partial charge in [0.15, 0.2) is 10.2 Å². The van der Waals surface area contributed by atoms with Crippen LogP contribution in [-0.4, -0.2) is 25.0 Å². The molecule has 37 heavy (non-hydrogen) atoms. The Morgan fingerprint density at radius 3 is 2.54 bits per heavy atom. The van der Waals surface area contributed by atoms with Crippen molar-refractivity contribution in [3.8, 4) is 27.4 Å². The van der Waals surface area contributed by atoms with E-state index in [0.717, 1.165) is 33.7 Å². The van der Waals surface area contributed by atoms with E-state index < -0.39 is 10.0 Å². The summed E-state index contributed by atoms with van der Waals surface area (Å²) in [5.41, 5.74) is 9.11. The topological polar surface area (TPSA) is 107 Å². The van der Waals surface area contributed by atoms with E-state index in [-0.39, 0.29) is 21.4 Å². The molecule has 0 amide bonds. The summed E-state index contributed by atoms with van der Waals surface area (Å²) in [6, 6.07) is 19.9. The van der Waals surface area contributed by atoms with Crippen molar-refractivity contribution in [3.05, 3.63) is 78.9 Å². The van der Waals surface area contributed by atoms with E-state index in [9.17, 15) is 8.42 Å². The lowest BCUT2D eigenvalue weighted by molar-refractivity contribution is 0.243. The summed E-state index contributed by atoms with van der Waals surface area (Å²) >= 11 is 1.24. The van der Waals surface area contributed by atoms with Gasteiger partial charge in [0.05, 0.1) is 17.2 Å². The van der Waals surface area contributed by atoms with Gasteiger partial charge in [0, 0.05) is 5.56 Å². The lowest BCUT2D eigenvalue weighted by Gasteiger charge is -2.18. The maximum Gasteiger partial charge on any atom is 0.281 e. The van der Waals surface area contributed by atoms with Crippen LogP contribution < -0.4 is 15.2 Å². The first-order valence-corrected chi connectivity index (χ1v) is 14.1. The molecule has 0 saturated carbocycles. The van der Waals surface area contributed by atoms with Crippen LogP contribution in [0.2, 0.25) is 0 Å². The van der Waals surface area contributed by atoms with Gasteiger partial charge in [-0.25, -0.2) is 9.97 Å². The van der Waals surface area contributed by atoms with E-state index in [0.29, 0.717) is 12.3 Å². The van der Waals surface area contributed by atoms with Crippen LogP contribution in [0.4, 0.5) is 10.9 Å². The summed E-state index contributed by atoms with van der Waals surface area (Å²) in [5.74, 6) is 0.857. The molecule has 4 rings (SSSR count). The molecule has 2 heterocycles. The number of nitrogens with two attached hydrogens (primary N) is 1. The lowest BCUT2D eigenvalue weighted by atomic mass is 9.93. The number of hydrogen-bond acceptors (Lipinski definition) is 7. The van der Waals surface area contributed by atoms with Crippen molar-refractivity contribution in [1.82, 2.24) is 9.97 Å². The van der Waals surface area contributed by atoms with Crippen LogP contribution in [0.1, 0.15) is 32.8 Å². The predicted octanol–water partition coefficient (Wildman–Crippen LogP) is 6.71. The molecule has 0 aliphatic heterocycles. The summed E-state index contributed by atoms with van der Waals surface area (Å²) in [5, 5.41) is 0.0404. The van der Waals surface area contributed by atoms with Gasteiger partial charge in [-0.2, -0.15) is 8.42 Å². The zero-order valence-corrected chi connectivity index (χ0v) is 22.7. The van der Waals surface area contributed by atoms with Crippen LogP contribution in [0.25, 0.3) is 27.8 Å². The van der Waals surface area contributed by atoms with Gasteiger partial charge in [0.1, 0.15) is 11.6 Å². The minimum atomic E-state index is -3.99. The van der Waals surface area contributed by atoms with Gasteiger partial charge in [0.25, 0.3) is 10.0 Å². The fourth-order valence-electron chi connectivity index (χ4n) is 3.58. The number of rotatable bonds is 9. The molecule has 0 atom stereocenters. The quantitative estimate of drug-likeness (QED) is 0.247. The second-order valence-corrected chi connectivity index (χ2v) is 12.3. The normalized spacial score (nSPS) is 11.8. The van der Waals surface area contributed by atoms with Crippen LogP contribution in [0.5, 0.6) is 5.75 Å². The number of thiazole rings is 1. The van der Waals surface area contributed by atoms with Crippen LogP contribution in [0.3, 0.4) is 0 Å². The lowest BCUT2D eigenvalue weighted by Crippen LogP contribution is -2.14. The summed E-state index contributed by atoms with van der Waals surface area (Å²) in [4.78, 5) is 9.45. The molecule has 0 aliphatic carbocycles. The molecule has 2 aromatic carbocycles. The average Bonchev–Trinajstić information content (AvgIpc) is 3.26. The number of pyridine rings is 1. The number of nitrogen functional groups attached to an aromatic ring is 1. The van der Waals surface area contributed by atoms with Gasteiger partial charge >= 0.3 is 0 Å². The number of ether oxygens (including phenoxy) is 1. The van der Waals surface area contributed by atoms with E-state index in [1.165, 1.54) is 23.5 Å². The van der Waals surface area contributed by atoms with Gasteiger partial charge < -0.3 is 10.5 Å². The van der Waals surface area contributed by atoms with E-state index >= 15 is 0 Å². The highest BCUT2D eigenvalue weighted by molar-refractivity contribution is 7.92. The highest BCUT2D eigenvalue weighted by Gasteiger charge is 2.22. The average molecular weight is 535 g/mol. The van der Waals surface area contributed by atoms with Crippen molar-refractivity contribution in [2.24, 2.45) is 5.41 Å². The summed E-state index contributed by atoms with van der Waals surface area (Å²) in [6.07, 6.45) is 2.67. The number of anilines is 2. The highest BCUT2D eigenvalue weighted by Crippen LogP contribution is 2.42. The van der Waals surface area contributed by atoms with Gasteiger partial charge in [-0.1, -0.05) is 87.2 Å². The molecular formula is C28H30N4O3S2. The fraction of sp³-hybridized carbons (Fsp3) is 0.214. The zero-order chi connectivity index (χ0) is 26.6. The fourth-order valence-corrected chi connectivity index (χ4v) is 5.77. The minimum absolute atomic E-state index is 0.117. The Hall–Kier alpha value is -3.69. The first-order chi connectivity index (χ1) is 17.6. The third-order valence-electron chi connectivity index (χ3n) is 5.52. The van der Waals surface area contributed by atoms with E-state index in [1.54, 1.807) is 12.1 Å². The molecule has 192 valence electrons. The predicted molar refractivity (Wildman–Crippen MR) is 152 cm³/mol. The van der Waals surface area contributed by atoms with Gasteiger partial charge in [-0.05, 0) is 47.2 Å². The monoisotopic (exact) mass is 534 g/mol. The van der Waals surface area contributed by atoms with E-state index in [2.05, 4.69) is 37.1 Å². The summed E-state index contributed by atoms with van der Waals surface area (Å²) in [7, 11) is -3.99. The molecule has 0 fully saturated rings. The van der Waals surface area contributed by atoms with Crippen molar-refractivity contribution in [1.29, 1.82) is 0 Å². The Bertz CT molecular complexity index is 1520. The number of aromatic nitrogens is 2. The van der Waals surface area contributed by atoms with Gasteiger partial charge in [-0.15, -0.1) is 0 Å². The van der Waals surface area contributed by atoms with E-state index in [1.807, 2.05) is 48.5 Å². The number of hydrogen-bond donors (Lipinski definition) is 2. The molecule has 0 spiro atoms. The largest absolute Gasteiger partial charge is 0.494 e. The smallest absolute Gasteiger partial charge is 0.281 e. The van der Waals surface area contributed by atoms with Gasteiger partial charge in [0.2, 0.25) is 0 Å². The molecule has 0 aliphatic rings. The highest BCUT2D eigenvalue weighted by atomic mass is 32.2. The summed E-state index contributed by atoms with van der Waals surface area (Å²) in [6.45, 7) is 11.1. The molecule has 7 nitrogen and oxygen atoms in total. The van der Waals surface area contributed by atoms with Crippen molar-refractivity contribution >= 4 is 38.4 Å². The molecule has 0 radical (unpaired) electrons. The maximum absolute atomic E-state index is 13.0. The third kappa shape index (κ3) is 6.55. The van der Waals surface area contributed by atoms with Crippen molar-refractivity contribution in [2.75, 3.05) is 17.1 Å². The second-order valence-electron chi connectivity index (χ2n) is 9.68. The standard InChI is InChI=1S/C28H30N4O3S2/c1-5-19-10-6-7-13-22(19)25-26(20-11-8-12-21(18-20)35-17-16-28(2,3)4)36-27(31-25)32-37(33,34)24-15-9-14-23(29)30-24/h5-15,18H,1,16-17H2,2-4H3,(H2,29,30)(H,31,32). The first-order valence-electron chi connectivity index (χ1n) is 11.8. The van der Waals surface area contributed by atoms with Crippen LogP contribution >= 0.6 is 11.3 Å². The molecule has 9 heteroatoms. The number of sulfonamides is 1. The third-order valence-corrected chi connectivity index (χ3v) is 7.91. The first kappa shape index (κ1) is 26.4. The second kappa shape index (κ2) is 10.7. The van der Waals surface area contributed by atoms with Gasteiger partial charge in [-0.3, -0.25) is 4.72 Å². The number of benzene rings is 2. The SMILES string of the molecule is C=Cc1ccccc1-c1nc(NS(=O)(=O)c2cccc(N)n2)sc1-c1cccc(OCCC(C)(C)C)c1. The molecule has 0 saturated heterocycles. The molecule has 2 aromatic heterocycles. The number of nitrogens with one attached hydrogen (secondary N) is 1. The molecule has 0 unspecified atom stereocenters. The maximum atomic E-state index is 13.0. The Kier molecular flexibility index (Phi) is 7.65. The summed E-state index contributed by atoms with van der Waals surface area (Å²) < 4.78 is 34.6. The van der Waals surface area contributed by atoms with Crippen LogP contribution in [0.15, 0.2) is 78.3 Å². The minimum Gasteiger partial charge on any atom is -0.494 e. The Labute approximate surface area is 222 Å². The zero-order valence-electron chi connectivity index (χ0n) is 21.1. The molecule has 4 aromatic rings. The Morgan fingerprint density at radius 2 is 1.81 bits per heavy atom. The van der Waals surface area contributed by atoms with Crippen LogP contribution in [0, 0.1) is 5.41 Å². The van der Waals surface area contributed by atoms with Crippen LogP contribution in [-0.2, 0) is 10.0 Å². The van der Waals surface area contributed by atoms with Crippen molar-refractivity contribution in [2.45, 2.75) is 32.2 Å². The number of nitrogens with zero attached hydrogens (tertiary/aromatic N) is 2. The van der Waals surface area contributed by atoms with Crippen molar-refractivity contribution < 1.29 is 13.2 Å². The molecular weight excluding hydrogens is 504 g/mol. The molecule has 3 N–H and O–H groups in total. The Balaban J connectivity index is 1.75. The molecule has 0 bridgehead atoms. The van der Waals surface area contributed by atoms with E-state index in [4.69, 9.17) is 15.5 Å². The Morgan fingerprint density at radius 1 is 1.05 bits per heavy atom. The van der Waals surface area contributed by atoms with Crippen molar-refractivity contribution in [3.63, 3.8) is 0 Å².